The predicted molar refractivity (Wildman–Crippen MR) is 79.5 cm³/mol. The molecule has 3 heteroatoms. The molecule has 18 heavy (non-hydrogen) atoms. The predicted octanol–water partition coefficient (Wildman–Crippen LogP) is 3.76. The van der Waals surface area contributed by atoms with Gasteiger partial charge in [0.1, 0.15) is 0 Å². The molecule has 1 aliphatic rings. The lowest BCUT2D eigenvalue weighted by atomic mass is 9.90. The number of aromatic nitrogens is 1. The van der Waals surface area contributed by atoms with Gasteiger partial charge in [0.2, 0.25) is 0 Å². The minimum absolute atomic E-state index is 0.345. The van der Waals surface area contributed by atoms with Crippen LogP contribution >= 0.6 is 11.3 Å². The Morgan fingerprint density at radius 3 is 2.83 bits per heavy atom. The first-order chi connectivity index (χ1) is 8.49. The van der Waals surface area contributed by atoms with Crippen molar-refractivity contribution in [2.24, 2.45) is 5.41 Å². The maximum atomic E-state index is 4.95. The summed E-state index contributed by atoms with van der Waals surface area (Å²) in [4.78, 5) is 6.51. The molecule has 0 amide bonds. The van der Waals surface area contributed by atoms with E-state index in [-0.39, 0.29) is 0 Å². The lowest BCUT2D eigenvalue weighted by Crippen LogP contribution is -2.24. The highest BCUT2D eigenvalue weighted by atomic mass is 32.1. The molecule has 0 fully saturated rings. The van der Waals surface area contributed by atoms with Gasteiger partial charge in [-0.3, -0.25) is 0 Å². The first-order valence-electron chi connectivity index (χ1n) is 7.19. The summed E-state index contributed by atoms with van der Waals surface area (Å²) in [5, 5.41) is 4.82. The zero-order chi connectivity index (χ0) is 13.2. The van der Waals surface area contributed by atoms with E-state index in [2.05, 4.69) is 33.0 Å². The Morgan fingerprint density at radius 1 is 1.39 bits per heavy atom. The van der Waals surface area contributed by atoms with Crippen LogP contribution in [-0.4, -0.2) is 18.1 Å². The summed E-state index contributed by atoms with van der Waals surface area (Å²) in [6.45, 7) is 11.2. The molecule has 1 aromatic rings. The lowest BCUT2D eigenvalue weighted by Gasteiger charge is -2.21. The molecule has 0 saturated carbocycles. The summed E-state index contributed by atoms with van der Waals surface area (Å²) in [5.41, 5.74) is 1.75. The Morgan fingerprint density at radius 2 is 2.17 bits per heavy atom. The Hall–Kier alpha value is -0.410. The van der Waals surface area contributed by atoms with E-state index in [0.29, 0.717) is 11.3 Å². The Bertz CT molecular complexity index is 390. The van der Waals surface area contributed by atoms with Gasteiger partial charge in [0.05, 0.1) is 10.7 Å². The molecule has 0 saturated heterocycles. The average Bonchev–Trinajstić information content (AvgIpc) is 2.66. The van der Waals surface area contributed by atoms with Crippen molar-refractivity contribution in [1.82, 2.24) is 10.3 Å². The first kappa shape index (κ1) is 14.0. The van der Waals surface area contributed by atoms with Gasteiger partial charge in [-0.15, -0.1) is 11.3 Å². The molecule has 0 spiro atoms. The quantitative estimate of drug-likeness (QED) is 0.897. The Balaban J connectivity index is 2.13. The number of nitrogens with one attached hydrogen (secondary N) is 1. The van der Waals surface area contributed by atoms with Gasteiger partial charge in [-0.1, -0.05) is 27.7 Å². The lowest BCUT2D eigenvalue weighted by molar-refractivity contribution is 0.409. The van der Waals surface area contributed by atoms with Crippen LogP contribution in [0.4, 0.5) is 0 Å². The SMILES string of the molecule is CCNCC1CCCc2sc(CC(C)(C)C)nc21. The highest BCUT2D eigenvalue weighted by molar-refractivity contribution is 7.11. The molecule has 0 aromatic carbocycles. The maximum absolute atomic E-state index is 4.95. The second kappa shape index (κ2) is 5.70. The number of aryl methyl sites for hydroxylation is 1. The van der Waals surface area contributed by atoms with Gasteiger partial charge in [0.25, 0.3) is 0 Å². The minimum atomic E-state index is 0.345. The van der Waals surface area contributed by atoms with Crippen molar-refractivity contribution < 1.29 is 0 Å². The van der Waals surface area contributed by atoms with Crippen LogP contribution in [0.25, 0.3) is 0 Å². The fraction of sp³-hybridized carbons (Fsp3) is 0.800. The van der Waals surface area contributed by atoms with Crippen molar-refractivity contribution in [3.05, 3.63) is 15.6 Å². The van der Waals surface area contributed by atoms with Gasteiger partial charge < -0.3 is 5.32 Å². The summed E-state index contributed by atoms with van der Waals surface area (Å²) < 4.78 is 0. The van der Waals surface area contributed by atoms with E-state index in [9.17, 15) is 0 Å². The zero-order valence-electron chi connectivity index (χ0n) is 12.2. The van der Waals surface area contributed by atoms with Gasteiger partial charge >= 0.3 is 0 Å². The van der Waals surface area contributed by atoms with Crippen molar-refractivity contribution in [2.75, 3.05) is 13.1 Å². The number of hydrogen-bond donors (Lipinski definition) is 1. The third kappa shape index (κ3) is 3.55. The monoisotopic (exact) mass is 266 g/mol. The number of hydrogen-bond acceptors (Lipinski definition) is 3. The molecule has 0 aliphatic heterocycles. The summed E-state index contributed by atoms with van der Waals surface area (Å²) in [6.07, 6.45) is 5.00. The second-order valence-electron chi connectivity index (χ2n) is 6.55. The summed E-state index contributed by atoms with van der Waals surface area (Å²) in [6, 6.07) is 0. The van der Waals surface area contributed by atoms with Crippen LogP contribution in [0, 0.1) is 5.41 Å². The van der Waals surface area contributed by atoms with Crippen molar-refractivity contribution in [3.63, 3.8) is 0 Å². The number of fused-ring (bicyclic) bond motifs is 1. The molecule has 2 rings (SSSR count). The van der Waals surface area contributed by atoms with Crippen LogP contribution in [-0.2, 0) is 12.8 Å². The maximum Gasteiger partial charge on any atom is 0.0936 e. The van der Waals surface area contributed by atoms with Crippen molar-refractivity contribution >= 4 is 11.3 Å². The van der Waals surface area contributed by atoms with Crippen LogP contribution in [0.3, 0.4) is 0 Å². The van der Waals surface area contributed by atoms with Crippen molar-refractivity contribution in [1.29, 1.82) is 0 Å². The molecular formula is C15H26N2S. The van der Waals surface area contributed by atoms with E-state index in [1.165, 1.54) is 30.0 Å². The highest BCUT2D eigenvalue weighted by Crippen LogP contribution is 2.36. The second-order valence-corrected chi connectivity index (χ2v) is 7.72. The molecule has 1 aliphatic carbocycles. The molecule has 0 radical (unpaired) electrons. The number of nitrogens with zero attached hydrogens (tertiary/aromatic N) is 1. The fourth-order valence-electron chi connectivity index (χ4n) is 2.60. The molecule has 2 nitrogen and oxygen atoms in total. The van der Waals surface area contributed by atoms with E-state index >= 15 is 0 Å². The van der Waals surface area contributed by atoms with Gasteiger partial charge in [0, 0.05) is 23.8 Å². The summed E-state index contributed by atoms with van der Waals surface area (Å²) >= 11 is 1.96. The van der Waals surface area contributed by atoms with Crippen molar-refractivity contribution in [2.45, 2.75) is 59.3 Å². The first-order valence-corrected chi connectivity index (χ1v) is 8.00. The van der Waals surface area contributed by atoms with E-state index in [1.807, 2.05) is 11.3 Å². The molecule has 0 bridgehead atoms. The van der Waals surface area contributed by atoms with Gasteiger partial charge in [-0.05, 0) is 31.2 Å². The molecule has 1 aromatic heterocycles. The topological polar surface area (TPSA) is 24.9 Å². The number of likely N-dealkylation sites (N-methyl/N-ethyl adjacent to an activating group) is 1. The molecule has 1 atom stereocenters. The van der Waals surface area contributed by atoms with E-state index in [1.54, 1.807) is 4.88 Å². The normalized spacial score (nSPS) is 19.9. The third-order valence-electron chi connectivity index (χ3n) is 3.44. The standard InChI is InChI=1S/C15H26N2S/c1-5-16-10-11-7-6-8-12-14(11)17-13(18-12)9-15(2,3)4/h11,16H,5-10H2,1-4H3. The van der Waals surface area contributed by atoms with E-state index in [4.69, 9.17) is 4.98 Å². The van der Waals surface area contributed by atoms with Crippen LogP contribution in [0.1, 0.15) is 62.0 Å². The Kier molecular flexibility index (Phi) is 4.44. The molecule has 1 unspecified atom stereocenters. The van der Waals surface area contributed by atoms with Crippen LogP contribution in [0.5, 0.6) is 0 Å². The van der Waals surface area contributed by atoms with Crippen LogP contribution in [0.2, 0.25) is 0 Å². The minimum Gasteiger partial charge on any atom is -0.316 e. The average molecular weight is 266 g/mol. The van der Waals surface area contributed by atoms with E-state index in [0.717, 1.165) is 19.5 Å². The Labute approximate surface area is 115 Å². The molecule has 1 heterocycles. The molecule has 1 N–H and O–H groups in total. The summed E-state index contributed by atoms with van der Waals surface area (Å²) in [5.74, 6) is 0.652. The van der Waals surface area contributed by atoms with Gasteiger partial charge in [-0.2, -0.15) is 0 Å². The molecule has 102 valence electrons. The van der Waals surface area contributed by atoms with Crippen LogP contribution in [0.15, 0.2) is 0 Å². The van der Waals surface area contributed by atoms with Crippen molar-refractivity contribution in [3.8, 4) is 0 Å². The third-order valence-corrected chi connectivity index (χ3v) is 4.57. The molecular weight excluding hydrogens is 240 g/mol. The van der Waals surface area contributed by atoms with Crippen LogP contribution < -0.4 is 5.32 Å². The fourth-order valence-corrected chi connectivity index (χ4v) is 4.10. The smallest absolute Gasteiger partial charge is 0.0936 e. The summed E-state index contributed by atoms with van der Waals surface area (Å²) in [7, 11) is 0. The van der Waals surface area contributed by atoms with Gasteiger partial charge in [0.15, 0.2) is 0 Å². The number of thiazole rings is 1. The largest absolute Gasteiger partial charge is 0.316 e. The zero-order valence-corrected chi connectivity index (χ0v) is 13.0. The number of rotatable bonds is 4. The van der Waals surface area contributed by atoms with E-state index < -0.39 is 0 Å². The highest BCUT2D eigenvalue weighted by Gasteiger charge is 2.25. The van der Waals surface area contributed by atoms with Gasteiger partial charge in [-0.25, -0.2) is 4.98 Å².